The number of nitrogen functional groups attached to an aromatic ring is 1. The molecule has 3 N–H and O–H groups in total. The number of hydrogen-bond donors (Lipinski definition) is 2. The normalized spacial score (nSPS) is 10.6. The lowest BCUT2D eigenvalue weighted by Crippen LogP contribution is -2.31. The van der Waals surface area contributed by atoms with E-state index >= 15 is 0 Å². The van der Waals surface area contributed by atoms with Crippen LogP contribution in [0.15, 0.2) is 34.0 Å². The highest BCUT2D eigenvalue weighted by Gasteiger charge is 2.04. The molecule has 0 radical (unpaired) electrons. The van der Waals surface area contributed by atoms with E-state index in [4.69, 9.17) is 5.73 Å². The van der Waals surface area contributed by atoms with Gasteiger partial charge in [-0.1, -0.05) is 23.8 Å². The maximum Gasteiger partial charge on any atom is 0.328 e. The number of rotatable bonds is 2. The largest absolute Gasteiger partial charge is 0.393 e. The van der Waals surface area contributed by atoms with E-state index in [0.717, 1.165) is 16.7 Å². The lowest BCUT2D eigenvalue weighted by atomic mass is 10.1. The minimum absolute atomic E-state index is 0.0416. The van der Waals surface area contributed by atoms with Crippen molar-refractivity contribution in [1.82, 2.24) is 9.55 Å². The molecule has 5 heteroatoms. The number of nitrogens with zero attached hydrogens (tertiary/aromatic N) is 1. The standard InChI is InChI=1S/C13H15N3O2/c1-8-3-4-9(2)10(5-8)6-16-7-11(14)12(17)15-13(16)18/h3-5,7H,6,14H2,1-2H3,(H,15,17,18). The second-order valence-electron chi connectivity index (χ2n) is 4.40. The quantitative estimate of drug-likeness (QED) is 0.820. The first kappa shape index (κ1) is 12.2. The van der Waals surface area contributed by atoms with Crippen molar-refractivity contribution in [3.63, 3.8) is 0 Å². The SMILES string of the molecule is Cc1ccc(C)c(Cn2cc(N)c(=O)[nH]c2=O)c1. The molecule has 0 saturated heterocycles. The van der Waals surface area contributed by atoms with Gasteiger partial charge < -0.3 is 5.73 Å². The van der Waals surface area contributed by atoms with Crippen molar-refractivity contribution in [3.8, 4) is 0 Å². The molecule has 0 saturated carbocycles. The van der Waals surface area contributed by atoms with Gasteiger partial charge in [0.15, 0.2) is 0 Å². The summed E-state index contributed by atoms with van der Waals surface area (Å²) in [6, 6.07) is 6.04. The predicted molar refractivity (Wildman–Crippen MR) is 70.8 cm³/mol. The van der Waals surface area contributed by atoms with E-state index in [2.05, 4.69) is 4.98 Å². The second-order valence-corrected chi connectivity index (χ2v) is 4.40. The van der Waals surface area contributed by atoms with Crippen molar-refractivity contribution in [2.75, 3.05) is 5.73 Å². The molecule has 2 rings (SSSR count). The summed E-state index contributed by atoms with van der Waals surface area (Å²) >= 11 is 0. The minimum Gasteiger partial charge on any atom is -0.393 e. The van der Waals surface area contributed by atoms with Crippen molar-refractivity contribution in [1.29, 1.82) is 0 Å². The van der Waals surface area contributed by atoms with Gasteiger partial charge in [0.05, 0.1) is 6.54 Å². The molecule has 5 nitrogen and oxygen atoms in total. The van der Waals surface area contributed by atoms with E-state index in [1.165, 1.54) is 10.8 Å². The number of aromatic amines is 1. The van der Waals surface area contributed by atoms with E-state index in [-0.39, 0.29) is 5.69 Å². The number of nitrogens with two attached hydrogens (primary N) is 1. The number of H-pyrrole nitrogens is 1. The molecule has 0 aliphatic carbocycles. The van der Waals surface area contributed by atoms with Crippen LogP contribution in [0.1, 0.15) is 16.7 Å². The number of aromatic nitrogens is 2. The van der Waals surface area contributed by atoms with Crippen LogP contribution in [-0.2, 0) is 6.54 Å². The zero-order valence-electron chi connectivity index (χ0n) is 10.4. The van der Waals surface area contributed by atoms with Gasteiger partial charge in [-0.15, -0.1) is 0 Å². The van der Waals surface area contributed by atoms with Crippen LogP contribution in [0.5, 0.6) is 0 Å². The molecule has 1 aromatic heterocycles. The van der Waals surface area contributed by atoms with Crippen LogP contribution >= 0.6 is 0 Å². The van der Waals surface area contributed by atoms with Gasteiger partial charge in [0.25, 0.3) is 5.56 Å². The van der Waals surface area contributed by atoms with Crippen LogP contribution in [0.2, 0.25) is 0 Å². The smallest absolute Gasteiger partial charge is 0.328 e. The summed E-state index contributed by atoms with van der Waals surface area (Å²) in [6.07, 6.45) is 1.38. The van der Waals surface area contributed by atoms with Gasteiger partial charge in [-0.25, -0.2) is 4.79 Å². The molecule has 1 heterocycles. The molecular formula is C13H15N3O2. The number of nitrogens with one attached hydrogen (secondary N) is 1. The maximum absolute atomic E-state index is 11.6. The first-order valence-electron chi connectivity index (χ1n) is 5.63. The van der Waals surface area contributed by atoms with Gasteiger partial charge in [0.2, 0.25) is 0 Å². The van der Waals surface area contributed by atoms with Gasteiger partial charge in [-0.3, -0.25) is 14.3 Å². The number of benzene rings is 1. The molecular weight excluding hydrogens is 230 g/mol. The van der Waals surface area contributed by atoms with Crippen LogP contribution in [0.4, 0.5) is 5.69 Å². The summed E-state index contributed by atoms with van der Waals surface area (Å²) in [4.78, 5) is 25.0. The van der Waals surface area contributed by atoms with Crippen LogP contribution in [0.25, 0.3) is 0 Å². The molecule has 0 unspecified atom stereocenters. The van der Waals surface area contributed by atoms with Crippen LogP contribution in [0.3, 0.4) is 0 Å². The third kappa shape index (κ3) is 2.34. The van der Waals surface area contributed by atoms with E-state index in [0.29, 0.717) is 6.54 Å². The zero-order chi connectivity index (χ0) is 13.3. The molecule has 0 spiro atoms. The number of aryl methyl sites for hydroxylation is 2. The Hall–Kier alpha value is -2.30. The summed E-state index contributed by atoms with van der Waals surface area (Å²) < 4.78 is 1.40. The molecule has 0 amide bonds. The first-order valence-corrected chi connectivity index (χ1v) is 5.63. The Kier molecular flexibility index (Phi) is 3.06. The van der Waals surface area contributed by atoms with Crippen molar-refractivity contribution in [3.05, 3.63) is 61.9 Å². The average molecular weight is 245 g/mol. The van der Waals surface area contributed by atoms with Crippen LogP contribution < -0.4 is 17.0 Å². The Bertz CT molecular complexity index is 698. The van der Waals surface area contributed by atoms with Crippen molar-refractivity contribution < 1.29 is 0 Å². The highest BCUT2D eigenvalue weighted by Crippen LogP contribution is 2.11. The molecule has 2 aromatic rings. The fraction of sp³-hybridized carbons (Fsp3) is 0.231. The molecule has 0 fully saturated rings. The molecule has 0 aliphatic heterocycles. The van der Waals surface area contributed by atoms with E-state index < -0.39 is 11.2 Å². The Morgan fingerprint density at radius 2 is 2.00 bits per heavy atom. The fourth-order valence-corrected chi connectivity index (χ4v) is 1.80. The number of anilines is 1. The molecule has 1 aromatic carbocycles. The lowest BCUT2D eigenvalue weighted by molar-refractivity contribution is 0.720. The highest BCUT2D eigenvalue weighted by molar-refractivity contribution is 5.33. The summed E-state index contributed by atoms with van der Waals surface area (Å²) in [5.41, 5.74) is 7.81. The maximum atomic E-state index is 11.6. The Labute approximate surface area is 104 Å². The minimum atomic E-state index is -0.544. The first-order chi connectivity index (χ1) is 8.47. The fourth-order valence-electron chi connectivity index (χ4n) is 1.80. The molecule has 0 atom stereocenters. The Morgan fingerprint density at radius 3 is 2.72 bits per heavy atom. The molecule has 94 valence electrons. The van der Waals surface area contributed by atoms with Gasteiger partial charge in [0, 0.05) is 6.20 Å². The van der Waals surface area contributed by atoms with E-state index in [9.17, 15) is 9.59 Å². The predicted octanol–water partition coefficient (Wildman–Crippen LogP) is 0.784. The van der Waals surface area contributed by atoms with E-state index in [1.54, 1.807) is 0 Å². The van der Waals surface area contributed by atoms with Crippen molar-refractivity contribution >= 4 is 5.69 Å². The van der Waals surface area contributed by atoms with Crippen LogP contribution in [0, 0.1) is 13.8 Å². The lowest BCUT2D eigenvalue weighted by Gasteiger charge is -2.09. The third-order valence-corrected chi connectivity index (χ3v) is 2.88. The summed E-state index contributed by atoms with van der Waals surface area (Å²) in [5, 5.41) is 0. The van der Waals surface area contributed by atoms with Gasteiger partial charge in [-0.2, -0.15) is 0 Å². The average Bonchev–Trinajstić information content (AvgIpc) is 2.30. The zero-order valence-corrected chi connectivity index (χ0v) is 10.4. The topological polar surface area (TPSA) is 80.9 Å². The molecule has 0 aliphatic rings. The highest BCUT2D eigenvalue weighted by atomic mass is 16.2. The monoisotopic (exact) mass is 245 g/mol. The summed E-state index contributed by atoms with van der Waals surface area (Å²) in [5.74, 6) is 0. The summed E-state index contributed by atoms with van der Waals surface area (Å²) in [6.45, 7) is 4.37. The Morgan fingerprint density at radius 1 is 1.28 bits per heavy atom. The van der Waals surface area contributed by atoms with Crippen molar-refractivity contribution in [2.24, 2.45) is 0 Å². The van der Waals surface area contributed by atoms with Crippen LogP contribution in [-0.4, -0.2) is 9.55 Å². The Balaban J connectivity index is 2.46. The second kappa shape index (κ2) is 4.52. The molecule has 0 bridgehead atoms. The third-order valence-electron chi connectivity index (χ3n) is 2.88. The van der Waals surface area contributed by atoms with Crippen molar-refractivity contribution in [2.45, 2.75) is 20.4 Å². The van der Waals surface area contributed by atoms with Gasteiger partial charge in [0.1, 0.15) is 5.69 Å². The van der Waals surface area contributed by atoms with E-state index in [1.807, 2.05) is 32.0 Å². The molecule has 18 heavy (non-hydrogen) atoms. The summed E-state index contributed by atoms with van der Waals surface area (Å²) in [7, 11) is 0. The number of hydrogen-bond acceptors (Lipinski definition) is 3. The van der Waals surface area contributed by atoms with Gasteiger partial charge in [-0.05, 0) is 25.0 Å². The van der Waals surface area contributed by atoms with Gasteiger partial charge >= 0.3 is 5.69 Å².